The predicted molar refractivity (Wildman–Crippen MR) is 131 cm³/mol. The third-order valence-electron chi connectivity index (χ3n) is 6.71. The van der Waals surface area contributed by atoms with Gasteiger partial charge < -0.3 is 19.4 Å². The summed E-state index contributed by atoms with van der Waals surface area (Å²) in [4.78, 5) is 32.1. The number of rotatable bonds is 8. The molecule has 1 aromatic heterocycles. The number of nitrogens with zero attached hydrogens (tertiary/aromatic N) is 2. The number of hydrogen-bond acceptors (Lipinski definition) is 5. The van der Waals surface area contributed by atoms with Crippen LogP contribution >= 0.6 is 0 Å². The Morgan fingerprint density at radius 2 is 1.91 bits per heavy atom. The molecule has 7 heteroatoms. The van der Waals surface area contributed by atoms with Gasteiger partial charge in [0.25, 0.3) is 5.91 Å². The van der Waals surface area contributed by atoms with Gasteiger partial charge in [-0.3, -0.25) is 9.59 Å². The average molecular weight is 464 g/mol. The number of oxazole rings is 1. The van der Waals surface area contributed by atoms with Crippen LogP contribution in [0.5, 0.6) is 0 Å². The van der Waals surface area contributed by atoms with Crippen LogP contribution in [0.15, 0.2) is 46.9 Å². The van der Waals surface area contributed by atoms with Gasteiger partial charge in [0.15, 0.2) is 5.58 Å². The molecular formula is C27H33N3O4. The van der Waals surface area contributed by atoms with E-state index in [0.29, 0.717) is 48.8 Å². The minimum atomic E-state index is -0.0635. The van der Waals surface area contributed by atoms with E-state index in [1.165, 1.54) is 5.56 Å². The summed E-state index contributed by atoms with van der Waals surface area (Å²) in [5, 5.41) is 2.99. The number of nitrogens with one attached hydrogen (secondary N) is 1. The van der Waals surface area contributed by atoms with Crippen molar-refractivity contribution in [2.24, 2.45) is 11.8 Å². The van der Waals surface area contributed by atoms with E-state index in [1.807, 2.05) is 49.1 Å². The van der Waals surface area contributed by atoms with Crippen molar-refractivity contribution < 1.29 is 18.7 Å². The smallest absolute Gasteiger partial charge is 0.253 e. The summed E-state index contributed by atoms with van der Waals surface area (Å²) in [6.45, 7) is 6.59. The minimum absolute atomic E-state index is 0.00286. The topological polar surface area (TPSA) is 84.7 Å². The standard InChI is InChI=1S/C27H33N3O4/c1-18-5-7-21(8-6-18)26-29-23-17-22(9-10-24(23)34-26)27(32)30-14-11-20(12-15-30)19(2)25(31)28-13-4-16-33-3/h5-10,17,19-20H,4,11-16H2,1-3H3,(H,28,31)/t19-/m0/s1. The van der Waals surface area contributed by atoms with E-state index in [1.54, 1.807) is 19.2 Å². The summed E-state index contributed by atoms with van der Waals surface area (Å²) >= 11 is 0. The van der Waals surface area contributed by atoms with Gasteiger partial charge in [0.2, 0.25) is 11.8 Å². The highest BCUT2D eigenvalue weighted by Crippen LogP contribution is 2.28. The maximum absolute atomic E-state index is 13.1. The monoisotopic (exact) mass is 463 g/mol. The van der Waals surface area contributed by atoms with E-state index in [2.05, 4.69) is 10.3 Å². The van der Waals surface area contributed by atoms with Crippen molar-refractivity contribution in [3.8, 4) is 11.5 Å². The number of carbonyl (C=O) groups is 2. The molecule has 180 valence electrons. The number of aromatic nitrogens is 1. The Balaban J connectivity index is 1.35. The predicted octanol–water partition coefficient (Wildman–Crippen LogP) is 4.44. The van der Waals surface area contributed by atoms with Gasteiger partial charge in [-0.05, 0) is 62.4 Å². The van der Waals surface area contributed by atoms with Gasteiger partial charge in [-0.15, -0.1) is 0 Å². The zero-order chi connectivity index (χ0) is 24.1. The summed E-state index contributed by atoms with van der Waals surface area (Å²) in [5.74, 6) is 0.849. The molecule has 1 N–H and O–H groups in total. The molecule has 0 unspecified atom stereocenters. The molecular weight excluding hydrogens is 430 g/mol. The Labute approximate surface area is 200 Å². The summed E-state index contributed by atoms with van der Waals surface area (Å²) in [7, 11) is 1.66. The molecule has 2 heterocycles. The van der Waals surface area contributed by atoms with Gasteiger partial charge in [-0.25, -0.2) is 4.98 Å². The highest BCUT2D eigenvalue weighted by Gasteiger charge is 2.30. The van der Waals surface area contributed by atoms with Crippen molar-refractivity contribution in [2.75, 3.05) is 33.4 Å². The Hall–Kier alpha value is -3.19. The molecule has 0 aliphatic carbocycles. The zero-order valence-corrected chi connectivity index (χ0v) is 20.2. The summed E-state index contributed by atoms with van der Waals surface area (Å²) in [6, 6.07) is 13.4. The highest BCUT2D eigenvalue weighted by molar-refractivity contribution is 5.97. The lowest BCUT2D eigenvalue weighted by Gasteiger charge is -2.34. The summed E-state index contributed by atoms with van der Waals surface area (Å²) in [6.07, 6.45) is 2.45. The average Bonchev–Trinajstić information content (AvgIpc) is 3.29. The van der Waals surface area contributed by atoms with Crippen molar-refractivity contribution in [1.29, 1.82) is 0 Å². The van der Waals surface area contributed by atoms with Crippen LogP contribution in [0.25, 0.3) is 22.6 Å². The van der Waals surface area contributed by atoms with Crippen molar-refractivity contribution in [3.05, 3.63) is 53.6 Å². The lowest BCUT2D eigenvalue weighted by Crippen LogP contribution is -2.42. The second-order valence-corrected chi connectivity index (χ2v) is 9.12. The first-order valence-corrected chi connectivity index (χ1v) is 12.0. The van der Waals surface area contributed by atoms with Crippen LogP contribution in [0.2, 0.25) is 0 Å². The summed E-state index contributed by atoms with van der Waals surface area (Å²) in [5.41, 5.74) is 4.03. The Morgan fingerprint density at radius 1 is 1.18 bits per heavy atom. The number of carbonyl (C=O) groups excluding carboxylic acids is 2. The molecule has 3 aromatic rings. The molecule has 7 nitrogen and oxygen atoms in total. The number of likely N-dealkylation sites (tertiary alicyclic amines) is 1. The molecule has 0 saturated carbocycles. The third kappa shape index (κ3) is 5.47. The first-order chi connectivity index (χ1) is 16.5. The lowest BCUT2D eigenvalue weighted by atomic mass is 9.84. The molecule has 1 fully saturated rings. The Kier molecular flexibility index (Phi) is 7.63. The van der Waals surface area contributed by atoms with E-state index in [0.717, 1.165) is 24.8 Å². The van der Waals surface area contributed by atoms with Crippen LogP contribution in [0.1, 0.15) is 42.1 Å². The fraction of sp³-hybridized carbons (Fsp3) is 0.444. The van der Waals surface area contributed by atoms with Crippen molar-refractivity contribution in [1.82, 2.24) is 15.2 Å². The number of hydrogen-bond donors (Lipinski definition) is 1. The SMILES string of the molecule is COCCCNC(=O)[C@@H](C)C1CCN(C(=O)c2ccc3oc(-c4ccc(C)cc4)nc3c2)CC1. The van der Waals surface area contributed by atoms with Crippen LogP contribution in [0.3, 0.4) is 0 Å². The van der Waals surface area contributed by atoms with Crippen LogP contribution in [0.4, 0.5) is 0 Å². The molecule has 2 amide bonds. The van der Waals surface area contributed by atoms with E-state index >= 15 is 0 Å². The van der Waals surface area contributed by atoms with Gasteiger partial charge in [-0.1, -0.05) is 24.6 Å². The number of ether oxygens (including phenoxy) is 1. The van der Waals surface area contributed by atoms with E-state index in [4.69, 9.17) is 9.15 Å². The Morgan fingerprint density at radius 3 is 2.62 bits per heavy atom. The fourth-order valence-corrected chi connectivity index (χ4v) is 4.47. The molecule has 34 heavy (non-hydrogen) atoms. The minimum Gasteiger partial charge on any atom is -0.436 e. The van der Waals surface area contributed by atoms with E-state index in [-0.39, 0.29) is 23.7 Å². The maximum Gasteiger partial charge on any atom is 0.253 e. The molecule has 1 atom stereocenters. The molecule has 1 saturated heterocycles. The van der Waals surface area contributed by atoms with Gasteiger partial charge in [-0.2, -0.15) is 0 Å². The number of aryl methyl sites for hydroxylation is 1. The zero-order valence-electron chi connectivity index (χ0n) is 20.2. The molecule has 1 aliphatic rings. The lowest BCUT2D eigenvalue weighted by molar-refractivity contribution is -0.126. The highest BCUT2D eigenvalue weighted by atomic mass is 16.5. The van der Waals surface area contributed by atoms with Crippen LogP contribution in [-0.4, -0.2) is 55.0 Å². The number of fused-ring (bicyclic) bond motifs is 1. The maximum atomic E-state index is 13.1. The number of benzene rings is 2. The van der Waals surface area contributed by atoms with Crippen LogP contribution in [0, 0.1) is 18.8 Å². The van der Waals surface area contributed by atoms with Crippen molar-refractivity contribution in [2.45, 2.75) is 33.1 Å². The quantitative estimate of drug-likeness (QED) is 0.499. The molecule has 2 aromatic carbocycles. The number of methoxy groups -OCH3 is 1. The van der Waals surface area contributed by atoms with Gasteiger partial charge in [0.05, 0.1) is 0 Å². The van der Waals surface area contributed by atoms with E-state index in [9.17, 15) is 9.59 Å². The summed E-state index contributed by atoms with van der Waals surface area (Å²) < 4.78 is 10.9. The molecule has 0 spiro atoms. The third-order valence-corrected chi connectivity index (χ3v) is 6.71. The van der Waals surface area contributed by atoms with Crippen LogP contribution in [-0.2, 0) is 9.53 Å². The Bertz CT molecular complexity index is 1130. The molecule has 4 rings (SSSR count). The first-order valence-electron chi connectivity index (χ1n) is 12.0. The molecule has 0 radical (unpaired) electrons. The van der Waals surface area contributed by atoms with Crippen molar-refractivity contribution >= 4 is 22.9 Å². The number of piperidine rings is 1. The largest absolute Gasteiger partial charge is 0.436 e. The first kappa shape index (κ1) is 24.0. The van der Waals surface area contributed by atoms with Crippen LogP contribution < -0.4 is 5.32 Å². The van der Waals surface area contributed by atoms with E-state index < -0.39 is 0 Å². The van der Waals surface area contributed by atoms with Gasteiger partial charge in [0, 0.05) is 50.4 Å². The molecule has 0 bridgehead atoms. The number of amides is 2. The van der Waals surface area contributed by atoms with Gasteiger partial charge >= 0.3 is 0 Å². The van der Waals surface area contributed by atoms with Gasteiger partial charge in [0.1, 0.15) is 5.52 Å². The normalized spacial score (nSPS) is 15.4. The second-order valence-electron chi connectivity index (χ2n) is 9.12. The fourth-order valence-electron chi connectivity index (χ4n) is 4.47. The molecule has 1 aliphatic heterocycles. The van der Waals surface area contributed by atoms with Crippen molar-refractivity contribution in [3.63, 3.8) is 0 Å². The second kappa shape index (κ2) is 10.8.